The number of hydrogen-bond acceptors (Lipinski definition) is 7. The van der Waals surface area contributed by atoms with Crippen LogP contribution in [0.1, 0.15) is 5.89 Å². The number of benzene rings is 2. The van der Waals surface area contributed by atoms with Gasteiger partial charge in [0.25, 0.3) is 0 Å². The minimum atomic E-state index is -3.81. The fraction of sp³-hybridized carbons (Fsp3) is 0.211. The summed E-state index contributed by atoms with van der Waals surface area (Å²) in [7, 11) is -0.983. The van der Waals surface area contributed by atoms with Crippen molar-refractivity contribution >= 4 is 15.9 Å². The average Bonchev–Trinajstić information content (AvgIpc) is 3.22. The lowest BCUT2D eigenvalue weighted by molar-refractivity contribution is -0.121. The number of likely N-dealkylation sites (N-methyl/N-ethyl adjacent to an activating group) is 1. The van der Waals surface area contributed by atoms with E-state index in [0.717, 1.165) is 9.87 Å². The number of hydrogen-bond donors (Lipinski definition) is 1. The first kappa shape index (κ1) is 20.5. The quantitative estimate of drug-likeness (QED) is 0.594. The molecular formula is C19H20N4O5S. The van der Waals surface area contributed by atoms with Crippen LogP contribution in [0, 0.1) is 0 Å². The number of methoxy groups -OCH3 is 1. The molecule has 1 aromatic heterocycles. The molecule has 1 heterocycles. The SMILES string of the molecule is COc1ccc(S(=O)(=O)N(C)CC(=O)NCc2nc(-c3ccccc3)no2)cc1. The van der Waals surface area contributed by atoms with Crippen LogP contribution in [0.3, 0.4) is 0 Å². The molecule has 0 radical (unpaired) electrons. The Kier molecular flexibility index (Phi) is 6.25. The van der Waals surface area contributed by atoms with E-state index in [1.807, 2.05) is 30.3 Å². The zero-order valence-corrected chi connectivity index (χ0v) is 16.7. The number of nitrogens with one attached hydrogen (secondary N) is 1. The summed E-state index contributed by atoms with van der Waals surface area (Å²) in [6.07, 6.45) is 0. The van der Waals surface area contributed by atoms with Gasteiger partial charge in [-0.2, -0.15) is 9.29 Å². The van der Waals surface area contributed by atoms with E-state index in [1.54, 1.807) is 12.1 Å². The van der Waals surface area contributed by atoms with Crippen LogP contribution in [0.15, 0.2) is 64.0 Å². The molecule has 152 valence electrons. The van der Waals surface area contributed by atoms with Crippen LogP contribution in [-0.4, -0.2) is 49.5 Å². The normalized spacial score (nSPS) is 11.4. The molecule has 2 aromatic carbocycles. The van der Waals surface area contributed by atoms with Gasteiger partial charge in [0, 0.05) is 12.6 Å². The third-order valence-corrected chi connectivity index (χ3v) is 5.89. The molecule has 3 rings (SSSR count). The molecule has 0 saturated carbocycles. The third kappa shape index (κ3) is 4.98. The molecule has 0 aliphatic carbocycles. The van der Waals surface area contributed by atoms with Crippen LogP contribution in [0.5, 0.6) is 5.75 Å². The van der Waals surface area contributed by atoms with Gasteiger partial charge in [0.05, 0.1) is 25.1 Å². The second-order valence-electron chi connectivity index (χ2n) is 6.09. The lowest BCUT2D eigenvalue weighted by Crippen LogP contribution is -2.38. The standard InChI is InChI=1S/C19H20N4O5S/c1-23(29(25,26)16-10-8-15(27-2)9-11-16)13-17(24)20-12-18-21-19(22-28-18)14-6-4-3-5-7-14/h3-11H,12-13H2,1-2H3,(H,20,24). The number of carbonyl (C=O) groups is 1. The largest absolute Gasteiger partial charge is 0.497 e. The number of amides is 1. The monoisotopic (exact) mass is 416 g/mol. The van der Waals surface area contributed by atoms with Gasteiger partial charge in [0.1, 0.15) is 5.75 Å². The molecular weight excluding hydrogens is 396 g/mol. The van der Waals surface area contributed by atoms with Crippen molar-refractivity contribution in [2.75, 3.05) is 20.7 Å². The maximum absolute atomic E-state index is 12.6. The Morgan fingerprint density at radius 1 is 1.14 bits per heavy atom. The molecule has 29 heavy (non-hydrogen) atoms. The van der Waals surface area contributed by atoms with E-state index in [4.69, 9.17) is 9.26 Å². The average molecular weight is 416 g/mol. The van der Waals surface area contributed by atoms with Crippen molar-refractivity contribution in [1.82, 2.24) is 19.8 Å². The van der Waals surface area contributed by atoms with E-state index in [0.29, 0.717) is 11.6 Å². The number of ether oxygens (including phenoxy) is 1. The zero-order chi connectivity index (χ0) is 20.9. The number of aromatic nitrogens is 2. The van der Waals surface area contributed by atoms with Crippen LogP contribution >= 0.6 is 0 Å². The van der Waals surface area contributed by atoms with Crippen LogP contribution in [0.25, 0.3) is 11.4 Å². The topological polar surface area (TPSA) is 115 Å². The van der Waals surface area contributed by atoms with E-state index in [-0.39, 0.29) is 23.9 Å². The van der Waals surface area contributed by atoms with Crippen molar-refractivity contribution in [3.8, 4) is 17.1 Å². The van der Waals surface area contributed by atoms with Crippen LogP contribution in [-0.2, 0) is 21.4 Å². The predicted molar refractivity (Wildman–Crippen MR) is 104 cm³/mol. The number of nitrogens with zero attached hydrogens (tertiary/aromatic N) is 3. The third-order valence-electron chi connectivity index (χ3n) is 4.07. The fourth-order valence-corrected chi connectivity index (χ4v) is 3.60. The van der Waals surface area contributed by atoms with Crippen LogP contribution in [0.2, 0.25) is 0 Å². The van der Waals surface area contributed by atoms with Crippen molar-refractivity contribution in [2.45, 2.75) is 11.4 Å². The Morgan fingerprint density at radius 3 is 2.48 bits per heavy atom. The maximum atomic E-state index is 12.6. The van der Waals surface area contributed by atoms with E-state index >= 15 is 0 Å². The summed E-state index contributed by atoms with van der Waals surface area (Å²) in [5, 5.41) is 6.44. The summed E-state index contributed by atoms with van der Waals surface area (Å²) < 4.78 is 36.2. The molecule has 0 bridgehead atoms. The molecule has 0 unspecified atom stereocenters. The van der Waals surface area contributed by atoms with Crippen LogP contribution < -0.4 is 10.1 Å². The van der Waals surface area contributed by atoms with Gasteiger partial charge < -0.3 is 14.6 Å². The first-order valence-electron chi connectivity index (χ1n) is 8.65. The lowest BCUT2D eigenvalue weighted by Gasteiger charge is -2.16. The second kappa shape index (κ2) is 8.84. The molecule has 10 heteroatoms. The molecule has 1 N–H and O–H groups in total. The lowest BCUT2D eigenvalue weighted by atomic mass is 10.2. The van der Waals surface area contributed by atoms with Gasteiger partial charge in [-0.25, -0.2) is 8.42 Å². The number of sulfonamides is 1. The molecule has 0 fully saturated rings. The van der Waals surface area contributed by atoms with Gasteiger partial charge in [-0.1, -0.05) is 35.5 Å². The Bertz CT molecular complexity index is 1070. The summed E-state index contributed by atoms with van der Waals surface area (Å²) in [4.78, 5) is 16.4. The summed E-state index contributed by atoms with van der Waals surface area (Å²) in [5.74, 6) is 0.676. The molecule has 1 amide bonds. The van der Waals surface area contributed by atoms with Gasteiger partial charge in [-0.3, -0.25) is 4.79 Å². The van der Waals surface area contributed by atoms with E-state index < -0.39 is 15.9 Å². The minimum absolute atomic E-state index is 0.00487. The second-order valence-corrected chi connectivity index (χ2v) is 8.14. The Labute approximate surface area is 168 Å². The van der Waals surface area contributed by atoms with Gasteiger partial charge >= 0.3 is 0 Å². The Balaban J connectivity index is 1.56. The highest BCUT2D eigenvalue weighted by Gasteiger charge is 2.23. The summed E-state index contributed by atoms with van der Waals surface area (Å²) >= 11 is 0. The summed E-state index contributed by atoms with van der Waals surface area (Å²) in [5.41, 5.74) is 0.791. The molecule has 0 spiro atoms. The van der Waals surface area contributed by atoms with Gasteiger partial charge in [0.15, 0.2) is 0 Å². The van der Waals surface area contributed by atoms with E-state index in [1.165, 1.54) is 26.3 Å². The maximum Gasteiger partial charge on any atom is 0.246 e. The van der Waals surface area contributed by atoms with Crippen molar-refractivity contribution in [3.05, 3.63) is 60.5 Å². The molecule has 0 atom stereocenters. The van der Waals surface area contributed by atoms with Gasteiger partial charge in [-0.05, 0) is 24.3 Å². The highest BCUT2D eigenvalue weighted by Crippen LogP contribution is 2.18. The first-order valence-corrected chi connectivity index (χ1v) is 10.1. The summed E-state index contributed by atoms with van der Waals surface area (Å²) in [6, 6.07) is 15.2. The highest BCUT2D eigenvalue weighted by atomic mass is 32.2. The molecule has 0 saturated heterocycles. The Morgan fingerprint density at radius 2 is 1.83 bits per heavy atom. The predicted octanol–water partition coefficient (Wildman–Crippen LogP) is 1.68. The van der Waals surface area contributed by atoms with Crippen molar-refractivity contribution in [1.29, 1.82) is 0 Å². The molecule has 0 aliphatic rings. The van der Waals surface area contributed by atoms with E-state index in [9.17, 15) is 13.2 Å². The van der Waals surface area contributed by atoms with Gasteiger partial charge in [-0.15, -0.1) is 0 Å². The smallest absolute Gasteiger partial charge is 0.246 e. The van der Waals surface area contributed by atoms with Crippen molar-refractivity contribution < 1.29 is 22.5 Å². The number of carbonyl (C=O) groups excluding carboxylic acids is 1. The first-order chi connectivity index (χ1) is 13.9. The zero-order valence-electron chi connectivity index (χ0n) is 15.9. The minimum Gasteiger partial charge on any atom is -0.497 e. The molecule has 9 nitrogen and oxygen atoms in total. The van der Waals surface area contributed by atoms with Gasteiger partial charge in [0.2, 0.25) is 27.6 Å². The van der Waals surface area contributed by atoms with E-state index in [2.05, 4.69) is 15.5 Å². The summed E-state index contributed by atoms with van der Waals surface area (Å²) in [6.45, 7) is -0.358. The number of rotatable bonds is 8. The fourth-order valence-electron chi connectivity index (χ4n) is 2.48. The molecule has 3 aromatic rings. The highest BCUT2D eigenvalue weighted by molar-refractivity contribution is 7.89. The van der Waals surface area contributed by atoms with Crippen LogP contribution in [0.4, 0.5) is 0 Å². The van der Waals surface area contributed by atoms with Crippen molar-refractivity contribution in [3.63, 3.8) is 0 Å². The molecule has 0 aliphatic heterocycles. The van der Waals surface area contributed by atoms with Crippen molar-refractivity contribution in [2.24, 2.45) is 0 Å². The Hall–Kier alpha value is -3.24.